The maximum Gasteiger partial charge on any atom is 0.241 e. The van der Waals surface area contributed by atoms with Crippen molar-refractivity contribution in [2.75, 3.05) is 45.2 Å². The molecule has 1 aromatic carbocycles. The zero-order valence-corrected chi connectivity index (χ0v) is 12.2. The van der Waals surface area contributed by atoms with Gasteiger partial charge in [0.1, 0.15) is 0 Å². The molecule has 0 saturated heterocycles. The topological polar surface area (TPSA) is 35.6 Å². The van der Waals surface area contributed by atoms with Gasteiger partial charge in [0, 0.05) is 12.2 Å². The molecule has 0 bridgehead atoms. The van der Waals surface area contributed by atoms with E-state index >= 15 is 0 Å². The van der Waals surface area contributed by atoms with Gasteiger partial charge in [-0.15, -0.1) is 0 Å². The van der Waals surface area contributed by atoms with E-state index in [0.29, 0.717) is 13.1 Å². The van der Waals surface area contributed by atoms with Crippen molar-refractivity contribution in [1.82, 2.24) is 10.2 Å². The number of anilines is 1. The van der Waals surface area contributed by atoms with Crippen LogP contribution in [0.3, 0.4) is 0 Å². The third kappa shape index (κ3) is 5.41. The summed E-state index contributed by atoms with van der Waals surface area (Å²) in [5.74, 6) is 0.153. The molecule has 1 rings (SSSR count). The van der Waals surface area contributed by atoms with E-state index in [4.69, 9.17) is 0 Å². The molecule has 0 aliphatic carbocycles. The Kier molecular flexibility index (Phi) is 7.15. The third-order valence-corrected chi connectivity index (χ3v) is 3.06. The zero-order valence-electron chi connectivity index (χ0n) is 12.2. The van der Waals surface area contributed by atoms with Crippen molar-refractivity contribution in [3.63, 3.8) is 0 Å². The molecule has 0 spiro atoms. The molecule has 0 heterocycles. The van der Waals surface area contributed by atoms with Gasteiger partial charge in [0.25, 0.3) is 0 Å². The molecule has 0 atom stereocenters. The fraction of sp³-hybridized carbons (Fsp3) is 0.533. The second-order valence-electron chi connectivity index (χ2n) is 4.67. The monoisotopic (exact) mass is 263 g/mol. The van der Waals surface area contributed by atoms with Gasteiger partial charge in [-0.25, -0.2) is 0 Å². The van der Waals surface area contributed by atoms with Crippen LogP contribution in [0.15, 0.2) is 30.3 Å². The largest absolute Gasteiger partial charge is 0.320 e. The Balaban J connectivity index is 2.50. The van der Waals surface area contributed by atoms with Crippen LogP contribution in [0.1, 0.15) is 13.3 Å². The number of amides is 1. The van der Waals surface area contributed by atoms with Crippen molar-refractivity contribution in [3.05, 3.63) is 30.3 Å². The summed E-state index contributed by atoms with van der Waals surface area (Å²) in [5, 5.41) is 3.11. The number of likely N-dealkylation sites (N-methyl/N-ethyl adjacent to an activating group) is 2. The van der Waals surface area contributed by atoms with Crippen molar-refractivity contribution in [2.45, 2.75) is 13.3 Å². The van der Waals surface area contributed by atoms with E-state index in [1.807, 2.05) is 56.3 Å². The Hall–Kier alpha value is -1.39. The number of carbonyl (C=O) groups excluding carboxylic acids is 1. The van der Waals surface area contributed by atoms with Crippen LogP contribution in [0.25, 0.3) is 0 Å². The molecule has 0 saturated carbocycles. The molecule has 0 aromatic heterocycles. The van der Waals surface area contributed by atoms with Crippen LogP contribution in [0.4, 0.5) is 5.69 Å². The van der Waals surface area contributed by atoms with Gasteiger partial charge in [-0.3, -0.25) is 9.69 Å². The summed E-state index contributed by atoms with van der Waals surface area (Å²) < 4.78 is 0. The minimum absolute atomic E-state index is 0.153. The summed E-state index contributed by atoms with van der Waals surface area (Å²) in [7, 11) is 3.94. The Bertz CT molecular complexity index is 367. The first-order valence-corrected chi connectivity index (χ1v) is 6.87. The molecule has 1 aromatic rings. The highest BCUT2D eigenvalue weighted by atomic mass is 16.2. The van der Waals surface area contributed by atoms with Crippen LogP contribution < -0.4 is 10.2 Å². The number of benzene rings is 1. The first-order valence-electron chi connectivity index (χ1n) is 6.87. The van der Waals surface area contributed by atoms with Gasteiger partial charge in [-0.1, -0.05) is 18.2 Å². The predicted molar refractivity (Wildman–Crippen MR) is 80.5 cm³/mol. The van der Waals surface area contributed by atoms with Crippen molar-refractivity contribution in [3.8, 4) is 0 Å². The molecular weight excluding hydrogens is 238 g/mol. The first-order chi connectivity index (χ1) is 9.19. The molecule has 106 valence electrons. The van der Waals surface area contributed by atoms with Gasteiger partial charge < -0.3 is 10.2 Å². The quantitative estimate of drug-likeness (QED) is 0.723. The predicted octanol–water partition coefficient (Wildman–Crippen LogP) is 1.58. The molecule has 19 heavy (non-hydrogen) atoms. The minimum Gasteiger partial charge on any atom is -0.320 e. The van der Waals surface area contributed by atoms with E-state index in [2.05, 4.69) is 10.2 Å². The highest BCUT2D eigenvalue weighted by Gasteiger charge is 2.15. The number of carbonyl (C=O) groups is 1. The molecule has 1 N–H and O–H groups in total. The Morgan fingerprint density at radius 3 is 2.53 bits per heavy atom. The van der Waals surface area contributed by atoms with Gasteiger partial charge in [0.15, 0.2) is 0 Å². The van der Waals surface area contributed by atoms with E-state index < -0.39 is 0 Å². The van der Waals surface area contributed by atoms with E-state index in [1.165, 1.54) is 0 Å². The fourth-order valence-corrected chi connectivity index (χ4v) is 2.03. The van der Waals surface area contributed by atoms with Crippen LogP contribution in [-0.4, -0.2) is 51.1 Å². The maximum atomic E-state index is 12.3. The lowest BCUT2D eigenvalue weighted by molar-refractivity contribution is -0.119. The van der Waals surface area contributed by atoms with Crippen molar-refractivity contribution in [1.29, 1.82) is 0 Å². The Morgan fingerprint density at radius 2 is 1.95 bits per heavy atom. The molecule has 4 heteroatoms. The highest BCUT2D eigenvalue weighted by molar-refractivity contribution is 5.94. The number of rotatable bonds is 8. The summed E-state index contributed by atoms with van der Waals surface area (Å²) in [6.07, 6.45) is 1.05. The maximum absolute atomic E-state index is 12.3. The Labute approximate surface area is 116 Å². The second-order valence-corrected chi connectivity index (χ2v) is 4.67. The van der Waals surface area contributed by atoms with Crippen molar-refractivity contribution in [2.24, 2.45) is 0 Å². The summed E-state index contributed by atoms with van der Waals surface area (Å²) in [4.78, 5) is 16.2. The average Bonchev–Trinajstić information content (AvgIpc) is 2.41. The molecule has 1 amide bonds. The van der Waals surface area contributed by atoms with Crippen LogP contribution >= 0.6 is 0 Å². The molecule has 0 aliphatic heterocycles. The normalized spacial score (nSPS) is 10.7. The molecule has 0 unspecified atom stereocenters. The SMILES string of the molecule is CCN(C(=O)CN(C)CCCNC)c1ccccc1. The zero-order chi connectivity index (χ0) is 14.1. The van der Waals surface area contributed by atoms with Crippen molar-refractivity contribution >= 4 is 11.6 Å². The highest BCUT2D eigenvalue weighted by Crippen LogP contribution is 2.13. The average molecular weight is 263 g/mol. The van der Waals surface area contributed by atoms with Crippen LogP contribution in [0.2, 0.25) is 0 Å². The first kappa shape index (κ1) is 15.7. The lowest BCUT2D eigenvalue weighted by Gasteiger charge is -2.24. The summed E-state index contributed by atoms with van der Waals surface area (Å²) in [6, 6.07) is 9.83. The van der Waals surface area contributed by atoms with E-state index in [1.54, 1.807) is 0 Å². The van der Waals surface area contributed by atoms with E-state index in [-0.39, 0.29) is 5.91 Å². The smallest absolute Gasteiger partial charge is 0.241 e. The number of nitrogens with one attached hydrogen (secondary N) is 1. The van der Waals surface area contributed by atoms with Gasteiger partial charge in [0.05, 0.1) is 6.54 Å². The van der Waals surface area contributed by atoms with Crippen LogP contribution in [0, 0.1) is 0 Å². The van der Waals surface area contributed by atoms with E-state index in [9.17, 15) is 4.79 Å². The molecule has 0 radical (unpaired) electrons. The number of nitrogens with zero attached hydrogens (tertiary/aromatic N) is 2. The van der Waals surface area contributed by atoms with Crippen molar-refractivity contribution < 1.29 is 4.79 Å². The third-order valence-electron chi connectivity index (χ3n) is 3.06. The number of hydrogen-bond donors (Lipinski definition) is 1. The van der Waals surface area contributed by atoms with Crippen LogP contribution in [-0.2, 0) is 4.79 Å². The summed E-state index contributed by atoms with van der Waals surface area (Å²) >= 11 is 0. The summed E-state index contributed by atoms with van der Waals surface area (Å²) in [6.45, 7) is 5.08. The molecule has 0 aliphatic rings. The molecule has 0 fully saturated rings. The van der Waals surface area contributed by atoms with E-state index in [0.717, 1.165) is 25.2 Å². The summed E-state index contributed by atoms with van der Waals surface area (Å²) in [5.41, 5.74) is 0.971. The molecular formula is C15H25N3O. The molecule has 4 nitrogen and oxygen atoms in total. The number of para-hydroxylation sites is 1. The van der Waals surface area contributed by atoms with Gasteiger partial charge >= 0.3 is 0 Å². The van der Waals surface area contributed by atoms with Gasteiger partial charge in [-0.2, -0.15) is 0 Å². The van der Waals surface area contributed by atoms with Gasteiger partial charge in [0.2, 0.25) is 5.91 Å². The standard InChI is InChI=1S/C15H25N3O/c1-4-18(14-9-6-5-7-10-14)15(19)13-17(3)12-8-11-16-2/h5-7,9-10,16H,4,8,11-13H2,1-3H3. The number of hydrogen-bond acceptors (Lipinski definition) is 3. The second kappa shape index (κ2) is 8.67. The van der Waals surface area contributed by atoms with Gasteiger partial charge in [-0.05, 0) is 52.7 Å². The fourth-order valence-electron chi connectivity index (χ4n) is 2.03. The lowest BCUT2D eigenvalue weighted by Crippen LogP contribution is -2.39. The van der Waals surface area contributed by atoms with Crippen LogP contribution in [0.5, 0.6) is 0 Å². The lowest BCUT2D eigenvalue weighted by atomic mass is 10.2. The minimum atomic E-state index is 0.153. The Morgan fingerprint density at radius 1 is 1.26 bits per heavy atom.